The molecule has 0 saturated carbocycles. The van der Waals surface area contributed by atoms with E-state index in [1.165, 1.54) is 0 Å². The Morgan fingerprint density at radius 1 is 0.929 bits per heavy atom. The zero-order valence-electron chi connectivity index (χ0n) is 7.60. The smallest absolute Gasteiger partial charge is 0.0460 e. The molecule has 0 atom stereocenters. The Hall–Kier alpha value is -1.28. The zero-order valence-corrected chi connectivity index (χ0v) is 9.18. The Bertz CT molecular complexity index is 389. The molecule has 0 aliphatic carbocycles. The first-order valence-electron chi connectivity index (χ1n) is 4.42. The van der Waals surface area contributed by atoms with E-state index in [9.17, 15) is 0 Å². The van der Waals surface area contributed by atoms with E-state index in [0.717, 1.165) is 10.2 Å². The number of rotatable bonds is 1. The molecule has 0 spiro atoms. The van der Waals surface area contributed by atoms with Gasteiger partial charge in [-0.3, -0.25) is 0 Å². The Kier molecular flexibility index (Phi) is 2.84. The quantitative estimate of drug-likeness (QED) is 0.729. The van der Waals surface area contributed by atoms with Gasteiger partial charge in [-0.05, 0) is 30.4 Å². The van der Waals surface area contributed by atoms with Crippen LogP contribution in [0.5, 0.6) is 0 Å². The van der Waals surface area contributed by atoms with Crippen molar-refractivity contribution < 1.29 is 0 Å². The molecule has 0 aromatic heterocycles. The van der Waals surface area contributed by atoms with Crippen LogP contribution in [0.15, 0.2) is 65.4 Å². The van der Waals surface area contributed by atoms with Crippen LogP contribution in [-0.4, -0.2) is 0 Å². The number of halogens is 1. The van der Waals surface area contributed by atoms with Crippen molar-refractivity contribution in [1.82, 2.24) is 0 Å². The minimum Gasteiger partial charge on any atom is -0.324 e. The Morgan fingerprint density at radius 2 is 1.64 bits per heavy atom. The summed E-state index contributed by atoms with van der Waals surface area (Å²) in [5.41, 5.74) is 1.15. The Labute approximate surface area is 92.2 Å². The molecule has 2 rings (SSSR count). The summed E-state index contributed by atoms with van der Waals surface area (Å²) < 4.78 is 1.09. The van der Waals surface area contributed by atoms with Crippen molar-refractivity contribution >= 4 is 21.6 Å². The summed E-state index contributed by atoms with van der Waals surface area (Å²) in [6.07, 6.45) is 12.1. The average Bonchev–Trinajstić information content (AvgIpc) is 2.45. The molecule has 0 unspecified atom stereocenters. The summed E-state index contributed by atoms with van der Waals surface area (Å²) in [5, 5.41) is 0. The van der Waals surface area contributed by atoms with Gasteiger partial charge in [-0.15, -0.1) is 0 Å². The highest BCUT2D eigenvalue weighted by Gasteiger charge is 1.99. The predicted molar refractivity (Wildman–Crippen MR) is 64.0 cm³/mol. The Morgan fingerprint density at radius 3 is 2.29 bits per heavy atom. The molecule has 0 radical (unpaired) electrons. The molecule has 0 N–H and O–H groups in total. The van der Waals surface area contributed by atoms with Crippen LogP contribution in [0.3, 0.4) is 0 Å². The molecule has 70 valence electrons. The minimum atomic E-state index is 1.09. The van der Waals surface area contributed by atoms with E-state index in [4.69, 9.17) is 0 Å². The van der Waals surface area contributed by atoms with Crippen molar-refractivity contribution in [3.8, 4) is 0 Å². The third-order valence-electron chi connectivity index (χ3n) is 1.93. The summed E-state index contributed by atoms with van der Waals surface area (Å²) in [4.78, 5) is 2.07. The normalized spacial score (nSPS) is 14.5. The third kappa shape index (κ3) is 2.15. The second kappa shape index (κ2) is 4.29. The van der Waals surface area contributed by atoms with Crippen molar-refractivity contribution in [2.75, 3.05) is 4.90 Å². The molecule has 1 aliphatic rings. The van der Waals surface area contributed by atoms with E-state index in [2.05, 4.69) is 33.0 Å². The van der Waals surface area contributed by atoms with Gasteiger partial charge in [0.25, 0.3) is 0 Å². The number of hydrogen-bond donors (Lipinski definition) is 0. The molecule has 1 aromatic rings. The lowest BCUT2D eigenvalue weighted by Crippen LogP contribution is -2.05. The number of allylic oxidation sites excluding steroid dienone is 4. The predicted octanol–water partition coefficient (Wildman–Crippen LogP) is 3.85. The summed E-state index contributed by atoms with van der Waals surface area (Å²) in [6, 6.07) is 8.21. The van der Waals surface area contributed by atoms with Gasteiger partial charge in [0.2, 0.25) is 0 Å². The van der Waals surface area contributed by atoms with Gasteiger partial charge in [-0.1, -0.05) is 34.1 Å². The lowest BCUT2D eigenvalue weighted by atomic mass is 10.3. The number of benzene rings is 1. The van der Waals surface area contributed by atoms with E-state index in [0.29, 0.717) is 0 Å². The fourth-order valence-corrected chi connectivity index (χ4v) is 1.66. The van der Waals surface area contributed by atoms with Gasteiger partial charge in [-0.25, -0.2) is 0 Å². The first-order chi connectivity index (χ1) is 6.86. The zero-order chi connectivity index (χ0) is 9.80. The molecule has 14 heavy (non-hydrogen) atoms. The first-order valence-corrected chi connectivity index (χ1v) is 5.21. The lowest BCUT2D eigenvalue weighted by molar-refractivity contribution is 1.28. The van der Waals surface area contributed by atoms with E-state index in [1.54, 1.807) is 0 Å². The molecule has 2 heteroatoms. The molecule has 0 amide bonds. The second-order valence-electron chi connectivity index (χ2n) is 2.96. The van der Waals surface area contributed by atoms with Crippen molar-refractivity contribution in [3.05, 3.63) is 65.4 Å². The van der Waals surface area contributed by atoms with Crippen molar-refractivity contribution in [2.24, 2.45) is 0 Å². The minimum absolute atomic E-state index is 1.09. The molecular weight excluding hydrogens is 238 g/mol. The van der Waals surface area contributed by atoms with Crippen LogP contribution in [0.1, 0.15) is 0 Å². The van der Waals surface area contributed by atoms with Gasteiger partial charge in [0, 0.05) is 22.6 Å². The maximum atomic E-state index is 3.46. The topological polar surface area (TPSA) is 3.24 Å². The third-order valence-corrected chi connectivity index (χ3v) is 2.43. The molecular formula is C12H10BrN. The van der Waals surface area contributed by atoms with Gasteiger partial charge in [0.1, 0.15) is 0 Å². The van der Waals surface area contributed by atoms with Gasteiger partial charge in [0.15, 0.2) is 0 Å². The standard InChI is InChI=1S/C12H10BrN/c13-11-6-5-7-12(10-11)14-8-3-1-2-4-9-14/h1-10H. The van der Waals surface area contributed by atoms with Crippen LogP contribution >= 0.6 is 15.9 Å². The highest BCUT2D eigenvalue weighted by Crippen LogP contribution is 2.21. The molecule has 1 heterocycles. The van der Waals surface area contributed by atoms with Gasteiger partial charge >= 0.3 is 0 Å². The molecule has 1 aliphatic heterocycles. The van der Waals surface area contributed by atoms with Crippen LogP contribution in [0.4, 0.5) is 5.69 Å². The first kappa shape index (κ1) is 9.28. The van der Waals surface area contributed by atoms with Crippen molar-refractivity contribution in [2.45, 2.75) is 0 Å². The van der Waals surface area contributed by atoms with Crippen LogP contribution in [0.2, 0.25) is 0 Å². The maximum absolute atomic E-state index is 3.46. The molecule has 1 nitrogen and oxygen atoms in total. The van der Waals surface area contributed by atoms with Crippen LogP contribution in [0, 0.1) is 0 Å². The number of nitrogens with zero attached hydrogens (tertiary/aromatic N) is 1. The molecule has 0 bridgehead atoms. The van der Waals surface area contributed by atoms with Crippen molar-refractivity contribution in [3.63, 3.8) is 0 Å². The van der Waals surface area contributed by atoms with E-state index >= 15 is 0 Å². The van der Waals surface area contributed by atoms with Crippen LogP contribution in [0.25, 0.3) is 0 Å². The van der Waals surface area contributed by atoms with E-state index < -0.39 is 0 Å². The summed E-state index contributed by atoms with van der Waals surface area (Å²) in [6.45, 7) is 0. The summed E-state index contributed by atoms with van der Waals surface area (Å²) >= 11 is 3.46. The molecule has 1 aromatic carbocycles. The lowest BCUT2D eigenvalue weighted by Gasteiger charge is -2.14. The maximum Gasteiger partial charge on any atom is 0.0460 e. The summed E-state index contributed by atoms with van der Waals surface area (Å²) in [7, 11) is 0. The molecule has 0 fully saturated rings. The number of hydrogen-bond acceptors (Lipinski definition) is 1. The van der Waals surface area contributed by atoms with Crippen LogP contribution < -0.4 is 4.90 Å². The monoisotopic (exact) mass is 247 g/mol. The largest absolute Gasteiger partial charge is 0.324 e. The highest BCUT2D eigenvalue weighted by molar-refractivity contribution is 9.10. The average molecular weight is 248 g/mol. The van der Waals surface area contributed by atoms with Gasteiger partial charge in [0.05, 0.1) is 0 Å². The van der Waals surface area contributed by atoms with Gasteiger partial charge < -0.3 is 4.90 Å². The Balaban J connectivity index is 2.31. The van der Waals surface area contributed by atoms with E-state index in [-0.39, 0.29) is 0 Å². The molecule has 0 saturated heterocycles. The second-order valence-corrected chi connectivity index (χ2v) is 3.87. The van der Waals surface area contributed by atoms with E-state index in [1.807, 2.05) is 48.8 Å². The highest BCUT2D eigenvalue weighted by atomic mass is 79.9. The van der Waals surface area contributed by atoms with Crippen LogP contribution in [-0.2, 0) is 0 Å². The summed E-state index contributed by atoms with van der Waals surface area (Å²) in [5.74, 6) is 0. The fraction of sp³-hybridized carbons (Fsp3) is 0. The van der Waals surface area contributed by atoms with Crippen molar-refractivity contribution in [1.29, 1.82) is 0 Å². The van der Waals surface area contributed by atoms with Gasteiger partial charge in [-0.2, -0.15) is 0 Å². The fourth-order valence-electron chi connectivity index (χ4n) is 1.27. The SMILES string of the molecule is Brc1cccc(N2C=CC=CC=C2)c1. The number of anilines is 1.